The highest BCUT2D eigenvalue weighted by atomic mass is 127. The molecule has 0 saturated carbocycles. The average molecular weight is 307 g/mol. The number of aromatic hydroxyl groups is 1. The van der Waals surface area contributed by atoms with E-state index in [1.165, 1.54) is 6.07 Å². The number of aliphatic carboxylic acids is 1. The maximum atomic E-state index is 10.4. The average Bonchev–Trinajstić information content (AvgIpc) is 2.08. The molecule has 5 heteroatoms. The lowest BCUT2D eigenvalue weighted by Gasteiger charge is -2.09. The van der Waals surface area contributed by atoms with Crippen LogP contribution in [0, 0.1) is 3.57 Å². The SMILES string of the molecule is N[C@H](CC(=O)O)c1ccc(O)c(I)c1. The van der Waals surface area contributed by atoms with Gasteiger partial charge in [-0.1, -0.05) is 6.07 Å². The van der Waals surface area contributed by atoms with Crippen LogP contribution < -0.4 is 5.73 Å². The van der Waals surface area contributed by atoms with Crippen molar-refractivity contribution in [1.82, 2.24) is 0 Å². The van der Waals surface area contributed by atoms with Gasteiger partial charge in [0.05, 0.1) is 9.99 Å². The highest BCUT2D eigenvalue weighted by molar-refractivity contribution is 14.1. The van der Waals surface area contributed by atoms with E-state index in [1.807, 2.05) is 22.6 Å². The van der Waals surface area contributed by atoms with Crippen LogP contribution in [-0.4, -0.2) is 16.2 Å². The molecular weight excluding hydrogens is 297 g/mol. The number of halogens is 1. The number of phenols is 1. The molecule has 76 valence electrons. The van der Waals surface area contributed by atoms with Crippen molar-refractivity contribution in [2.75, 3.05) is 0 Å². The zero-order chi connectivity index (χ0) is 10.7. The molecule has 0 aliphatic heterocycles. The maximum Gasteiger partial charge on any atom is 0.305 e. The highest BCUT2D eigenvalue weighted by Gasteiger charge is 2.11. The summed E-state index contributed by atoms with van der Waals surface area (Å²) in [5.74, 6) is -0.752. The van der Waals surface area contributed by atoms with E-state index in [1.54, 1.807) is 12.1 Å². The molecule has 14 heavy (non-hydrogen) atoms. The molecule has 1 aromatic carbocycles. The molecule has 4 N–H and O–H groups in total. The van der Waals surface area contributed by atoms with Gasteiger partial charge in [-0.2, -0.15) is 0 Å². The van der Waals surface area contributed by atoms with E-state index < -0.39 is 12.0 Å². The smallest absolute Gasteiger partial charge is 0.305 e. The van der Waals surface area contributed by atoms with Crippen molar-refractivity contribution in [2.45, 2.75) is 12.5 Å². The summed E-state index contributed by atoms with van der Waals surface area (Å²) < 4.78 is 0.668. The van der Waals surface area contributed by atoms with Gasteiger partial charge in [0, 0.05) is 6.04 Å². The lowest BCUT2D eigenvalue weighted by atomic mass is 10.1. The second kappa shape index (κ2) is 4.61. The number of phenolic OH excluding ortho intramolecular Hbond substituents is 1. The topological polar surface area (TPSA) is 83.6 Å². The summed E-state index contributed by atoms with van der Waals surface area (Å²) in [4.78, 5) is 10.4. The Bertz CT molecular complexity index is 354. The van der Waals surface area contributed by atoms with Gasteiger partial charge in [-0.25, -0.2) is 0 Å². The summed E-state index contributed by atoms with van der Waals surface area (Å²) >= 11 is 1.96. The standard InChI is InChI=1S/C9H10INO3/c10-6-3-5(1-2-8(6)12)7(11)4-9(13)14/h1-3,7,12H,4,11H2,(H,13,14)/t7-/m1/s1. The minimum atomic E-state index is -0.930. The van der Waals surface area contributed by atoms with Gasteiger partial charge in [0.25, 0.3) is 0 Å². The van der Waals surface area contributed by atoms with Crippen LogP contribution in [0.5, 0.6) is 5.75 Å². The zero-order valence-corrected chi connectivity index (χ0v) is 9.43. The number of benzene rings is 1. The maximum absolute atomic E-state index is 10.4. The third-order valence-corrected chi connectivity index (χ3v) is 2.66. The van der Waals surface area contributed by atoms with Crippen molar-refractivity contribution in [1.29, 1.82) is 0 Å². The van der Waals surface area contributed by atoms with Gasteiger partial charge in [-0.05, 0) is 40.3 Å². The highest BCUT2D eigenvalue weighted by Crippen LogP contribution is 2.23. The van der Waals surface area contributed by atoms with E-state index in [9.17, 15) is 9.90 Å². The summed E-state index contributed by atoms with van der Waals surface area (Å²) in [7, 11) is 0. The fourth-order valence-electron chi connectivity index (χ4n) is 1.06. The van der Waals surface area contributed by atoms with Gasteiger partial charge in [-0.3, -0.25) is 4.79 Å². The van der Waals surface area contributed by atoms with E-state index in [0.717, 1.165) is 5.56 Å². The van der Waals surface area contributed by atoms with E-state index in [-0.39, 0.29) is 12.2 Å². The lowest BCUT2D eigenvalue weighted by molar-refractivity contribution is -0.137. The minimum Gasteiger partial charge on any atom is -0.507 e. The Balaban J connectivity index is 2.85. The molecule has 0 saturated heterocycles. The molecule has 0 radical (unpaired) electrons. The monoisotopic (exact) mass is 307 g/mol. The molecule has 0 spiro atoms. The van der Waals surface area contributed by atoms with Crippen LogP contribution in [0.2, 0.25) is 0 Å². The van der Waals surface area contributed by atoms with Gasteiger partial charge < -0.3 is 15.9 Å². The van der Waals surface area contributed by atoms with Crippen molar-refractivity contribution in [2.24, 2.45) is 5.73 Å². The van der Waals surface area contributed by atoms with Crippen LogP contribution in [0.3, 0.4) is 0 Å². The number of nitrogens with two attached hydrogens (primary N) is 1. The zero-order valence-electron chi connectivity index (χ0n) is 7.27. The van der Waals surface area contributed by atoms with Crippen LogP contribution in [0.25, 0.3) is 0 Å². The first kappa shape index (κ1) is 11.3. The Morgan fingerprint density at radius 1 is 1.57 bits per heavy atom. The molecule has 0 bridgehead atoms. The third kappa shape index (κ3) is 2.85. The third-order valence-electron chi connectivity index (χ3n) is 1.79. The van der Waals surface area contributed by atoms with Crippen LogP contribution in [-0.2, 0) is 4.79 Å². The number of rotatable bonds is 3. The van der Waals surface area contributed by atoms with E-state index in [2.05, 4.69) is 0 Å². The van der Waals surface area contributed by atoms with E-state index >= 15 is 0 Å². The molecule has 0 amide bonds. The molecule has 0 unspecified atom stereocenters. The minimum absolute atomic E-state index is 0.110. The molecular formula is C9H10INO3. The number of carboxylic acids is 1. The van der Waals surface area contributed by atoms with Crippen LogP contribution >= 0.6 is 22.6 Å². The first-order chi connectivity index (χ1) is 6.50. The normalized spacial score (nSPS) is 12.4. The van der Waals surface area contributed by atoms with Crippen molar-refractivity contribution in [3.63, 3.8) is 0 Å². The quantitative estimate of drug-likeness (QED) is 0.739. The van der Waals surface area contributed by atoms with Crippen molar-refractivity contribution >= 4 is 28.6 Å². The van der Waals surface area contributed by atoms with E-state index in [4.69, 9.17) is 10.8 Å². The number of carboxylic acid groups (broad SMARTS) is 1. The second-order valence-electron chi connectivity index (χ2n) is 2.92. The molecule has 1 atom stereocenters. The largest absolute Gasteiger partial charge is 0.507 e. The Morgan fingerprint density at radius 2 is 2.21 bits per heavy atom. The molecule has 1 rings (SSSR count). The van der Waals surface area contributed by atoms with E-state index in [0.29, 0.717) is 3.57 Å². The number of carbonyl (C=O) groups is 1. The van der Waals surface area contributed by atoms with Crippen LogP contribution in [0.4, 0.5) is 0 Å². The van der Waals surface area contributed by atoms with Crippen molar-refractivity contribution in [3.8, 4) is 5.75 Å². The van der Waals surface area contributed by atoms with Crippen molar-refractivity contribution in [3.05, 3.63) is 27.3 Å². The Morgan fingerprint density at radius 3 is 2.71 bits per heavy atom. The van der Waals surface area contributed by atoms with Crippen molar-refractivity contribution < 1.29 is 15.0 Å². The van der Waals surface area contributed by atoms with Crippen LogP contribution in [0.1, 0.15) is 18.0 Å². The molecule has 0 aliphatic rings. The number of hydrogen-bond acceptors (Lipinski definition) is 3. The molecule has 0 aromatic heterocycles. The molecule has 0 fully saturated rings. The fraction of sp³-hybridized carbons (Fsp3) is 0.222. The first-order valence-electron chi connectivity index (χ1n) is 3.96. The van der Waals surface area contributed by atoms with Crippen LogP contribution in [0.15, 0.2) is 18.2 Å². The number of hydrogen-bond donors (Lipinski definition) is 3. The predicted octanol–water partition coefficient (Wildman–Crippen LogP) is 1.47. The summed E-state index contributed by atoms with van der Waals surface area (Å²) in [6, 6.07) is 4.30. The second-order valence-corrected chi connectivity index (χ2v) is 4.08. The first-order valence-corrected chi connectivity index (χ1v) is 5.04. The van der Waals surface area contributed by atoms with Gasteiger partial charge in [-0.15, -0.1) is 0 Å². The van der Waals surface area contributed by atoms with Gasteiger partial charge in [0.1, 0.15) is 5.75 Å². The van der Waals surface area contributed by atoms with Gasteiger partial charge in [0.15, 0.2) is 0 Å². The fourth-order valence-corrected chi connectivity index (χ4v) is 1.60. The molecule has 4 nitrogen and oxygen atoms in total. The van der Waals surface area contributed by atoms with Gasteiger partial charge in [0.2, 0.25) is 0 Å². The molecule has 0 aliphatic carbocycles. The summed E-state index contributed by atoms with van der Waals surface area (Å²) in [6.07, 6.45) is -0.110. The molecule has 1 aromatic rings. The lowest BCUT2D eigenvalue weighted by Crippen LogP contribution is -2.14. The van der Waals surface area contributed by atoms with Gasteiger partial charge >= 0.3 is 5.97 Å². The summed E-state index contributed by atoms with van der Waals surface area (Å²) in [5.41, 5.74) is 6.37. The summed E-state index contributed by atoms with van der Waals surface area (Å²) in [5, 5.41) is 17.8. The summed E-state index contributed by atoms with van der Waals surface area (Å²) in [6.45, 7) is 0. The Labute approximate surface area is 94.9 Å². The molecule has 0 heterocycles. The Kier molecular flexibility index (Phi) is 3.70. The Hall–Kier alpha value is -0.820. The predicted molar refractivity (Wildman–Crippen MR) is 60.0 cm³/mol.